The molecule has 0 radical (unpaired) electrons. The Kier molecular flexibility index (Phi) is 11.3. The summed E-state index contributed by atoms with van der Waals surface area (Å²) in [5.74, 6) is 0.0859. The van der Waals surface area contributed by atoms with Crippen LogP contribution in [0, 0.1) is 0 Å². The third-order valence-corrected chi connectivity index (χ3v) is 1.95. The smallest absolute Gasteiger partial charge is 0.434 e. The molecule has 0 aliphatic rings. The summed E-state index contributed by atoms with van der Waals surface area (Å²) >= 11 is 0. The fourth-order valence-corrected chi connectivity index (χ4v) is 1.15. The predicted molar refractivity (Wildman–Crippen MR) is 74.3 cm³/mol. The van der Waals surface area contributed by atoms with E-state index in [4.69, 9.17) is 4.74 Å². The van der Waals surface area contributed by atoms with Crippen LogP contribution in [-0.2, 0) is 6.18 Å². The van der Waals surface area contributed by atoms with Gasteiger partial charge in [-0.15, -0.1) is 12.4 Å². The lowest BCUT2D eigenvalue weighted by Crippen LogP contribution is -2.31. The van der Waals surface area contributed by atoms with E-state index in [1.165, 1.54) is 0 Å². The molecule has 1 aromatic rings. The highest BCUT2D eigenvalue weighted by atomic mass is 35.5. The third-order valence-electron chi connectivity index (χ3n) is 1.95. The van der Waals surface area contributed by atoms with Crippen molar-refractivity contribution in [3.8, 4) is 5.88 Å². The molecule has 1 atom stereocenters. The van der Waals surface area contributed by atoms with E-state index >= 15 is 0 Å². The maximum Gasteiger partial charge on any atom is 0.434 e. The number of nitrogens with one attached hydrogen (secondary N) is 1. The lowest BCUT2D eigenvalue weighted by Gasteiger charge is -2.13. The highest BCUT2D eigenvalue weighted by molar-refractivity contribution is 5.85. The number of ether oxygens (including phenoxy) is 1. The van der Waals surface area contributed by atoms with Crippen molar-refractivity contribution in [2.45, 2.75) is 39.9 Å². The van der Waals surface area contributed by atoms with E-state index in [1.54, 1.807) is 0 Å². The number of hydrogen-bond acceptors (Lipinski definition) is 4. The summed E-state index contributed by atoms with van der Waals surface area (Å²) in [6, 6.07) is 0.101. The Bertz CT molecular complexity index is 347. The van der Waals surface area contributed by atoms with Crippen molar-refractivity contribution in [1.82, 2.24) is 15.3 Å². The van der Waals surface area contributed by atoms with Gasteiger partial charge in [-0.1, -0.05) is 20.8 Å². The number of halogens is 4. The largest absolute Gasteiger partial charge is 0.475 e. The Morgan fingerprint density at radius 3 is 2.25 bits per heavy atom. The van der Waals surface area contributed by atoms with Crippen molar-refractivity contribution in [2.24, 2.45) is 0 Å². The molecule has 1 unspecified atom stereocenters. The second-order valence-electron chi connectivity index (χ2n) is 3.51. The fraction of sp³-hybridized carbons (Fsp3) is 0.667. The molecule has 4 nitrogen and oxygen atoms in total. The molecular weight excluding hydrogens is 295 g/mol. The van der Waals surface area contributed by atoms with Crippen LogP contribution in [0.4, 0.5) is 13.2 Å². The Morgan fingerprint density at radius 1 is 1.25 bits per heavy atom. The average molecular weight is 316 g/mol. The average Bonchev–Trinajstić information content (AvgIpc) is 2.38. The van der Waals surface area contributed by atoms with Gasteiger partial charge in [-0.05, 0) is 13.5 Å². The van der Waals surface area contributed by atoms with Crippen molar-refractivity contribution >= 4 is 12.4 Å². The summed E-state index contributed by atoms with van der Waals surface area (Å²) in [5.41, 5.74) is -1.02. The van der Waals surface area contributed by atoms with E-state index in [0.29, 0.717) is 12.8 Å². The minimum atomic E-state index is -4.47. The lowest BCUT2D eigenvalue weighted by atomic mass is 10.3. The highest BCUT2D eigenvalue weighted by Crippen LogP contribution is 2.27. The SMILES string of the molecule is CC.CCNC(C)COc1cnc(C(F)(F)F)cn1.Cl. The van der Waals surface area contributed by atoms with Gasteiger partial charge in [-0.2, -0.15) is 13.2 Å². The molecule has 1 N–H and O–H groups in total. The van der Waals surface area contributed by atoms with Crippen LogP contribution in [0.3, 0.4) is 0 Å². The van der Waals surface area contributed by atoms with Crippen LogP contribution in [0.25, 0.3) is 0 Å². The van der Waals surface area contributed by atoms with Gasteiger partial charge in [0.1, 0.15) is 6.61 Å². The molecule has 1 rings (SSSR count). The Morgan fingerprint density at radius 2 is 1.85 bits per heavy atom. The number of nitrogens with zero attached hydrogens (tertiary/aromatic N) is 2. The predicted octanol–water partition coefficient (Wildman–Crippen LogP) is 3.32. The van der Waals surface area contributed by atoms with Gasteiger partial charge < -0.3 is 10.1 Å². The molecular formula is C12H21ClF3N3O. The second kappa shape index (κ2) is 10.7. The first kappa shape index (κ1) is 21.2. The molecule has 0 saturated heterocycles. The Balaban J connectivity index is 0. The van der Waals surface area contributed by atoms with Crippen molar-refractivity contribution < 1.29 is 17.9 Å². The van der Waals surface area contributed by atoms with Gasteiger partial charge in [0.05, 0.1) is 12.4 Å². The number of alkyl halides is 3. The zero-order chi connectivity index (χ0) is 14.9. The van der Waals surface area contributed by atoms with Crippen molar-refractivity contribution in [3.05, 3.63) is 18.1 Å². The zero-order valence-corrected chi connectivity index (χ0v) is 12.8. The lowest BCUT2D eigenvalue weighted by molar-refractivity contribution is -0.141. The topological polar surface area (TPSA) is 47.0 Å². The summed E-state index contributed by atoms with van der Waals surface area (Å²) in [4.78, 5) is 6.79. The van der Waals surface area contributed by atoms with Crippen LogP contribution in [0.1, 0.15) is 33.4 Å². The van der Waals surface area contributed by atoms with Gasteiger partial charge in [0, 0.05) is 6.04 Å². The standard InChI is InChI=1S/C10H14F3N3O.C2H6.ClH/c1-3-14-7(2)6-17-9-5-15-8(4-16-9)10(11,12)13;1-2;/h4-5,7,14H,3,6H2,1-2H3;1-2H3;1H. The van der Waals surface area contributed by atoms with Gasteiger partial charge in [-0.3, -0.25) is 0 Å². The minimum Gasteiger partial charge on any atom is -0.475 e. The molecule has 1 aromatic heterocycles. The molecule has 0 aromatic carbocycles. The Labute approximate surface area is 123 Å². The van der Waals surface area contributed by atoms with Crippen molar-refractivity contribution in [2.75, 3.05) is 13.2 Å². The van der Waals surface area contributed by atoms with Crippen LogP contribution in [-0.4, -0.2) is 29.2 Å². The molecule has 1 heterocycles. The molecule has 0 aliphatic heterocycles. The molecule has 0 spiro atoms. The van der Waals surface area contributed by atoms with Gasteiger partial charge in [0.2, 0.25) is 5.88 Å². The second-order valence-corrected chi connectivity index (χ2v) is 3.51. The molecule has 0 fully saturated rings. The van der Waals surface area contributed by atoms with E-state index in [9.17, 15) is 13.2 Å². The van der Waals surface area contributed by atoms with Crippen LogP contribution >= 0.6 is 12.4 Å². The van der Waals surface area contributed by atoms with Crippen LogP contribution in [0.15, 0.2) is 12.4 Å². The van der Waals surface area contributed by atoms with E-state index in [2.05, 4.69) is 15.3 Å². The first-order valence-electron chi connectivity index (χ1n) is 6.19. The van der Waals surface area contributed by atoms with Gasteiger partial charge in [0.15, 0.2) is 5.69 Å². The molecule has 0 amide bonds. The molecule has 20 heavy (non-hydrogen) atoms. The normalized spacial score (nSPS) is 11.8. The number of hydrogen-bond donors (Lipinski definition) is 1. The maximum absolute atomic E-state index is 12.2. The number of likely N-dealkylation sites (N-methyl/N-ethyl adjacent to an activating group) is 1. The Hall–Kier alpha value is -1.08. The highest BCUT2D eigenvalue weighted by Gasteiger charge is 2.32. The number of rotatable bonds is 5. The first-order valence-corrected chi connectivity index (χ1v) is 6.19. The summed E-state index contributed by atoms with van der Waals surface area (Å²) in [6.45, 7) is 8.98. The van der Waals surface area contributed by atoms with E-state index < -0.39 is 11.9 Å². The quantitative estimate of drug-likeness (QED) is 0.905. The molecule has 0 saturated carbocycles. The van der Waals surface area contributed by atoms with Crippen molar-refractivity contribution in [1.29, 1.82) is 0 Å². The van der Waals surface area contributed by atoms with Gasteiger partial charge in [0.25, 0.3) is 0 Å². The van der Waals surface area contributed by atoms with Crippen LogP contribution in [0.2, 0.25) is 0 Å². The van der Waals surface area contributed by atoms with Gasteiger partial charge >= 0.3 is 6.18 Å². The van der Waals surface area contributed by atoms with E-state index in [1.807, 2.05) is 27.7 Å². The summed E-state index contributed by atoms with van der Waals surface area (Å²) in [7, 11) is 0. The number of aromatic nitrogens is 2. The van der Waals surface area contributed by atoms with E-state index in [-0.39, 0.29) is 24.3 Å². The van der Waals surface area contributed by atoms with Crippen molar-refractivity contribution in [3.63, 3.8) is 0 Å². The monoisotopic (exact) mass is 315 g/mol. The first-order chi connectivity index (χ1) is 8.93. The zero-order valence-electron chi connectivity index (χ0n) is 12.0. The summed E-state index contributed by atoms with van der Waals surface area (Å²) < 4.78 is 41.7. The van der Waals surface area contributed by atoms with Gasteiger partial charge in [-0.25, -0.2) is 9.97 Å². The maximum atomic E-state index is 12.2. The minimum absolute atomic E-state index is 0. The fourth-order valence-electron chi connectivity index (χ4n) is 1.15. The molecule has 118 valence electrons. The van der Waals surface area contributed by atoms with Crippen LogP contribution in [0.5, 0.6) is 5.88 Å². The molecule has 0 aliphatic carbocycles. The molecule has 8 heteroatoms. The van der Waals surface area contributed by atoms with E-state index in [0.717, 1.165) is 12.7 Å². The summed E-state index contributed by atoms with van der Waals surface area (Å²) in [5, 5.41) is 3.10. The molecule has 0 bridgehead atoms. The summed E-state index contributed by atoms with van der Waals surface area (Å²) in [6.07, 6.45) is -2.84. The third kappa shape index (κ3) is 8.16. The van der Waals surface area contributed by atoms with Crippen LogP contribution < -0.4 is 10.1 Å².